The van der Waals surface area contributed by atoms with Gasteiger partial charge >= 0.3 is 0 Å². The van der Waals surface area contributed by atoms with E-state index in [1.165, 1.54) is 6.42 Å². The molecule has 2 heterocycles. The summed E-state index contributed by atoms with van der Waals surface area (Å²) >= 11 is 0. The van der Waals surface area contributed by atoms with Crippen molar-refractivity contribution >= 4 is 5.91 Å². The minimum absolute atomic E-state index is 0.0605. The lowest BCUT2D eigenvalue weighted by Crippen LogP contribution is -2.55. The third-order valence-electron chi connectivity index (χ3n) is 5.14. The summed E-state index contributed by atoms with van der Waals surface area (Å²) in [7, 11) is 3.81. The molecule has 1 unspecified atom stereocenters. The fraction of sp³-hybridized carbons (Fsp3) is 0.550. The molecule has 2 fully saturated rings. The van der Waals surface area contributed by atoms with Crippen molar-refractivity contribution in [3.8, 4) is 17.6 Å². The molecule has 2 saturated heterocycles. The monoisotopic (exact) mass is 341 g/mol. The summed E-state index contributed by atoms with van der Waals surface area (Å²) in [5, 5.41) is 0. The van der Waals surface area contributed by atoms with Gasteiger partial charge in [-0.05, 0) is 44.2 Å². The number of hydrogen-bond acceptors (Lipinski definition) is 4. The van der Waals surface area contributed by atoms with Crippen LogP contribution in [0.2, 0.25) is 0 Å². The van der Waals surface area contributed by atoms with Crippen molar-refractivity contribution in [1.82, 2.24) is 14.7 Å². The smallest absolute Gasteiger partial charge is 0.298 e. The molecular weight excluding hydrogens is 314 g/mol. The van der Waals surface area contributed by atoms with Crippen LogP contribution in [-0.2, 0) is 4.79 Å². The Kier molecular flexibility index (Phi) is 5.95. The normalized spacial score (nSPS) is 22.2. The van der Waals surface area contributed by atoms with E-state index in [2.05, 4.69) is 28.7 Å². The van der Waals surface area contributed by atoms with Gasteiger partial charge in [0.1, 0.15) is 5.75 Å². The van der Waals surface area contributed by atoms with E-state index >= 15 is 0 Å². The van der Waals surface area contributed by atoms with E-state index in [1.807, 2.05) is 29.2 Å². The molecule has 2 aliphatic heterocycles. The van der Waals surface area contributed by atoms with Gasteiger partial charge in [0.2, 0.25) is 0 Å². The maximum atomic E-state index is 12.5. The van der Waals surface area contributed by atoms with Gasteiger partial charge in [-0.15, -0.1) is 0 Å². The van der Waals surface area contributed by atoms with Gasteiger partial charge in [0, 0.05) is 56.8 Å². The fourth-order valence-corrected chi connectivity index (χ4v) is 3.50. The van der Waals surface area contributed by atoms with Crippen molar-refractivity contribution in [2.45, 2.75) is 18.9 Å². The zero-order chi connectivity index (χ0) is 17.6. The van der Waals surface area contributed by atoms with Crippen LogP contribution in [0.5, 0.6) is 5.75 Å². The second-order valence-corrected chi connectivity index (χ2v) is 6.86. The number of methoxy groups -OCH3 is 1. The molecule has 0 N–H and O–H groups in total. The predicted octanol–water partition coefficient (Wildman–Crippen LogP) is 1.29. The number of likely N-dealkylation sites (N-methyl/N-ethyl adjacent to an activating group) is 1. The second-order valence-electron chi connectivity index (χ2n) is 6.86. The van der Waals surface area contributed by atoms with Crippen molar-refractivity contribution in [2.24, 2.45) is 0 Å². The highest BCUT2D eigenvalue weighted by Crippen LogP contribution is 2.17. The molecule has 1 amide bonds. The number of carbonyl (C=O) groups is 1. The lowest BCUT2D eigenvalue weighted by molar-refractivity contribution is -0.127. The van der Waals surface area contributed by atoms with Crippen LogP contribution < -0.4 is 4.74 Å². The molecular formula is C20H27N3O2. The average molecular weight is 341 g/mol. The molecule has 3 rings (SSSR count). The van der Waals surface area contributed by atoms with Crippen LogP contribution in [0.25, 0.3) is 0 Å². The van der Waals surface area contributed by atoms with Crippen LogP contribution in [-0.4, -0.2) is 80.1 Å². The molecule has 5 heteroatoms. The molecule has 0 aliphatic carbocycles. The van der Waals surface area contributed by atoms with Crippen LogP contribution in [0.3, 0.4) is 0 Å². The first-order valence-corrected chi connectivity index (χ1v) is 9.03. The standard InChI is InChI=1S/C20H27N3O2/c1-21-12-14-22(15-13-21)18-4-3-11-23(16-18)20(24)10-7-17-5-8-19(25-2)9-6-17/h5-6,8-9,18H,3-4,11-16H2,1-2H3. The maximum absolute atomic E-state index is 12.5. The Labute approximate surface area is 150 Å². The molecule has 0 aromatic heterocycles. The van der Waals surface area contributed by atoms with E-state index in [-0.39, 0.29) is 5.91 Å². The van der Waals surface area contributed by atoms with Gasteiger partial charge < -0.3 is 14.5 Å². The summed E-state index contributed by atoms with van der Waals surface area (Å²) in [6.07, 6.45) is 2.24. The number of likely N-dealkylation sites (tertiary alicyclic amines) is 1. The molecule has 0 bridgehead atoms. The summed E-state index contributed by atoms with van der Waals surface area (Å²) < 4.78 is 5.13. The largest absolute Gasteiger partial charge is 0.497 e. The van der Waals surface area contributed by atoms with E-state index in [9.17, 15) is 4.79 Å². The Hall–Kier alpha value is -2.03. The van der Waals surface area contributed by atoms with Gasteiger partial charge in [-0.3, -0.25) is 9.69 Å². The number of piperazine rings is 1. The second kappa shape index (κ2) is 8.37. The summed E-state index contributed by atoms with van der Waals surface area (Å²) in [6.45, 7) is 6.05. The summed E-state index contributed by atoms with van der Waals surface area (Å²) in [6, 6.07) is 7.96. The zero-order valence-corrected chi connectivity index (χ0v) is 15.2. The van der Waals surface area contributed by atoms with Crippen LogP contribution in [0.4, 0.5) is 0 Å². The first-order chi connectivity index (χ1) is 12.2. The first-order valence-electron chi connectivity index (χ1n) is 9.03. The highest BCUT2D eigenvalue weighted by molar-refractivity contribution is 5.94. The Bertz CT molecular complexity index is 639. The van der Waals surface area contributed by atoms with Gasteiger partial charge in [-0.2, -0.15) is 0 Å². The van der Waals surface area contributed by atoms with Crippen molar-refractivity contribution in [1.29, 1.82) is 0 Å². The Balaban J connectivity index is 1.57. The maximum Gasteiger partial charge on any atom is 0.298 e. The van der Waals surface area contributed by atoms with E-state index in [1.54, 1.807) is 7.11 Å². The summed E-state index contributed by atoms with van der Waals surface area (Å²) in [5.74, 6) is 6.52. The zero-order valence-electron chi connectivity index (χ0n) is 15.2. The van der Waals surface area contributed by atoms with Crippen molar-refractivity contribution in [2.75, 3.05) is 53.4 Å². The van der Waals surface area contributed by atoms with Gasteiger partial charge in [-0.1, -0.05) is 5.92 Å². The number of ether oxygens (including phenoxy) is 1. The molecule has 0 saturated carbocycles. The number of piperidine rings is 1. The quantitative estimate of drug-likeness (QED) is 0.760. The summed E-state index contributed by atoms with van der Waals surface area (Å²) in [4.78, 5) is 19.3. The van der Waals surface area contributed by atoms with Crippen LogP contribution >= 0.6 is 0 Å². The van der Waals surface area contributed by atoms with Gasteiger partial charge in [-0.25, -0.2) is 0 Å². The third kappa shape index (κ3) is 4.75. The Morgan fingerprint density at radius 3 is 2.52 bits per heavy atom. The predicted molar refractivity (Wildman–Crippen MR) is 98.5 cm³/mol. The lowest BCUT2D eigenvalue weighted by atomic mass is 10.0. The molecule has 5 nitrogen and oxygen atoms in total. The van der Waals surface area contributed by atoms with E-state index in [0.29, 0.717) is 6.04 Å². The van der Waals surface area contributed by atoms with Crippen LogP contribution in [0, 0.1) is 11.8 Å². The molecule has 2 aliphatic rings. The molecule has 0 spiro atoms. The number of rotatable bonds is 2. The Morgan fingerprint density at radius 2 is 1.84 bits per heavy atom. The number of benzene rings is 1. The van der Waals surface area contributed by atoms with Gasteiger partial charge in [0.05, 0.1) is 7.11 Å². The van der Waals surface area contributed by atoms with Crippen molar-refractivity contribution in [3.05, 3.63) is 29.8 Å². The molecule has 1 atom stereocenters. The third-order valence-corrected chi connectivity index (χ3v) is 5.14. The van der Waals surface area contributed by atoms with E-state index < -0.39 is 0 Å². The molecule has 1 aromatic carbocycles. The SMILES string of the molecule is COc1ccc(C#CC(=O)N2CCCC(N3CCN(C)CC3)C2)cc1. The van der Waals surface area contributed by atoms with Crippen LogP contribution in [0.15, 0.2) is 24.3 Å². The molecule has 25 heavy (non-hydrogen) atoms. The lowest BCUT2D eigenvalue weighted by Gasteiger charge is -2.42. The van der Waals surface area contributed by atoms with Gasteiger partial charge in [0.25, 0.3) is 5.91 Å². The number of nitrogens with zero attached hydrogens (tertiary/aromatic N) is 3. The molecule has 1 aromatic rings. The number of amides is 1. The molecule has 134 valence electrons. The van der Waals surface area contributed by atoms with E-state index in [0.717, 1.165) is 57.0 Å². The van der Waals surface area contributed by atoms with Gasteiger partial charge in [0.15, 0.2) is 0 Å². The minimum atomic E-state index is -0.0605. The van der Waals surface area contributed by atoms with Crippen molar-refractivity contribution in [3.63, 3.8) is 0 Å². The minimum Gasteiger partial charge on any atom is -0.497 e. The average Bonchev–Trinajstić information content (AvgIpc) is 2.67. The molecule has 0 radical (unpaired) electrons. The van der Waals surface area contributed by atoms with Crippen LogP contribution in [0.1, 0.15) is 18.4 Å². The highest BCUT2D eigenvalue weighted by Gasteiger charge is 2.28. The number of carbonyl (C=O) groups excluding carboxylic acids is 1. The number of hydrogen-bond donors (Lipinski definition) is 0. The first kappa shape index (κ1) is 17.8. The van der Waals surface area contributed by atoms with E-state index in [4.69, 9.17) is 4.74 Å². The topological polar surface area (TPSA) is 36.0 Å². The van der Waals surface area contributed by atoms with Crippen molar-refractivity contribution < 1.29 is 9.53 Å². The fourth-order valence-electron chi connectivity index (χ4n) is 3.50. The highest BCUT2D eigenvalue weighted by atomic mass is 16.5. The summed E-state index contributed by atoms with van der Waals surface area (Å²) in [5.41, 5.74) is 0.835. The Morgan fingerprint density at radius 1 is 1.12 bits per heavy atom.